The summed E-state index contributed by atoms with van der Waals surface area (Å²) in [6.07, 6.45) is 6.04. The summed E-state index contributed by atoms with van der Waals surface area (Å²) in [5, 5.41) is 15.2. The summed E-state index contributed by atoms with van der Waals surface area (Å²) in [7, 11) is 0. The molecule has 0 aromatic heterocycles. The van der Waals surface area contributed by atoms with E-state index in [2.05, 4.69) is 0 Å². The second-order valence-electron chi connectivity index (χ2n) is 3.01. The molecule has 0 spiro atoms. The maximum absolute atomic E-state index is 7.62. The van der Waals surface area contributed by atoms with E-state index >= 15 is 0 Å². The molecule has 4 heteroatoms. The fourth-order valence-electron chi connectivity index (χ4n) is 0.642. The molecule has 0 bridgehead atoms. The minimum Gasteiger partial charge on any atom is -0.330 e. The van der Waals surface area contributed by atoms with Crippen molar-refractivity contribution in [2.75, 3.05) is 13.1 Å². The van der Waals surface area contributed by atoms with Gasteiger partial charge in [-0.1, -0.05) is 26.7 Å². The predicted octanol–water partition coefficient (Wildman–Crippen LogP) is 2.30. The standard InChI is InChI=1S/C6H16N2.2C3H5N/c7-5-3-1-2-4-6-8;2*1-2-3-4/h1-8H2;2*2H2,1H3. The van der Waals surface area contributed by atoms with E-state index in [9.17, 15) is 0 Å². The first-order valence-corrected chi connectivity index (χ1v) is 5.89. The van der Waals surface area contributed by atoms with Crippen molar-refractivity contribution in [2.45, 2.75) is 52.4 Å². The van der Waals surface area contributed by atoms with Crippen LogP contribution in [0.2, 0.25) is 0 Å². The van der Waals surface area contributed by atoms with Gasteiger partial charge in [0.15, 0.2) is 0 Å². The molecule has 94 valence electrons. The van der Waals surface area contributed by atoms with E-state index < -0.39 is 0 Å². The van der Waals surface area contributed by atoms with E-state index in [1.807, 2.05) is 26.0 Å². The van der Waals surface area contributed by atoms with E-state index in [1.165, 1.54) is 12.8 Å². The third-order valence-corrected chi connectivity index (χ3v) is 1.47. The highest BCUT2D eigenvalue weighted by Gasteiger charge is 1.83. The quantitative estimate of drug-likeness (QED) is 0.702. The van der Waals surface area contributed by atoms with E-state index in [4.69, 9.17) is 22.0 Å². The maximum Gasteiger partial charge on any atom is 0.0618 e. The third kappa shape index (κ3) is 52.5. The van der Waals surface area contributed by atoms with Crippen molar-refractivity contribution < 1.29 is 0 Å². The monoisotopic (exact) mass is 226 g/mol. The molecule has 0 aliphatic rings. The molecule has 0 amide bonds. The molecular formula is C12H26N4. The van der Waals surface area contributed by atoms with Gasteiger partial charge in [0.1, 0.15) is 0 Å². The molecule has 4 N–H and O–H groups in total. The van der Waals surface area contributed by atoms with Crippen LogP contribution in [0.25, 0.3) is 0 Å². The van der Waals surface area contributed by atoms with Crippen molar-refractivity contribution >= 4 is 0 Å². The molecule has 0 unspecified atom stereocenters. The average molecular weight is 226 g/mol. The molecule has 0 saturated heterocycles. The van der Waals surface area contributed by atoms with Crippen LogP contribution in [-0.4, -0.2) is 13.1 Å². The lowest BCUT2D eigenvalue weighted by molar-refractivity contribution is 0.653. The van der Waals surface area contributed by atoms with Crippen LogP contribution in [0.1, 0.15) is 52.4 Å². The number of rotatable bonds is 5. The number of hydrogen-bond donors (Lipinski definition) is 2. The van der Waals surface area contributed by atoms with Gasteiger partial charge in [-0.15, -0.1) is 0 Å². The van der Waals surface area contributed by atoms with Crippen molar-refractivity contribution in [3.8, 4) is 12.1 Å². The SMILES string of the molecule is CCC#N.CCC#N.NCCCCCCN. The van der Waals surface area contributed by atoms with Gasteiger partial charge in [0.25, 0.3) is 0 Å². The molecule has 0 aliphatic heterocycles. The zero-order chi connectivity index (χ0) is 13.1. The topological polar surface area (TPSA) is 99.6 Å². The van der Waals surface area contributed by atoms with Crippen LogP contribution in [0.4, 0.5) is 0 Å². The van der Waals surface area contributed by atoms with Crippen LogP contribution >= 0.6 is 0 Å². The van der Waals surface area contributed by atoms with Crippen molar-refractivity contribution in [3.63, 3.8) is 0 Å². The van der Waals surface area contributed by atoms with Gasteiger partial charge in [-0.3, -0.25) is 0 Å². The Kier molecular flexibility index (Phi) is 37.1. The van der Waals surface area contributed by atoms with Crippen LogP contribution in [0.3, 0.4) is 0 Å². The van der Waals surface area contributed by atoms with E-state index in [1.54, 1.807) is 0 Å². The van der Waals surface area contributed by atoms with Gasteiger partial charge in [0.05, 0.1) is 12.1 Å². The van der Waals surface area contributed by atoms with Crippen molar-refractivity contribution in [3.05, 3.63) is 0 Å². The fourth-order valence-corrected chi connectivity index (χ4v) is 0.642. The largest absolute Gasteiger partial charge is 0.330 e. The summed E-state index contributed by atoms with van der Waals surface area (Å²) in [6.45, 7) is 5.29. The van der Waals surface area contributed by atoms with Crippen LogP contribution < -0.4 is 11.5 Å². The van der Waals surface area contributed by atoms with Gasteiger partial charge in [0.2, 0.25) is 0 Å². The zero-order valence-corrected chi connectivity index (χ0v) is 10.7. The number of nitrogens with zero attached hydrogens (tertiary/aromatic N) is 2. The predicted molar refractivity (Wildman–Crippen MR) is 68.4 cm³/mol. The Morgan fingerprint density at radius 2 is 1.00 bits per heavy atom. The Morgan fingerprint density at radius 1 is 0.750 bits per heavy atom. The minimum absolute atomic E-state index is 0.625. The van der Waals surface area contributed by atoms with Gasteiger partial charge in [0, 0.05) is 12.8 Å². The first-order chi connectivity index (χ1) is 7.74. The molecule has 0 fully saturated rings. The molecule has 0 saturated carbocycles. The fraction of sp³-hybridized carbons (Fsp3) is 0.833. The first-order valence-electron chi connectivity index (χ1n) is 5.89. The normalized spacial score (nSPS) is 7.38. The lowest BCUT2D eigenvalue weighted by Crippen LogP contribution is -2.00. The van der Waals surface area contributed by atoms with Gasteiger partial charge >= 0.3 is 0 Å². The summed E-state index contributed by atoms with van der Waals surface area (Å²) >= 11 is 0. The highest BCUT2D eigenvalue weighted by atomic mass is 14.5. The number of nitrogens with two attached hydrogens (primary N) is 2. The minimum atomic E-state index is 0.625. The number of unbranched alkanes of at least 4 members (excludes halogenated alkanes) is 3. The molecule has 0 radical (unpaired) electrons. The Labute approximate surface area is 100 Å². The molecule has 0 aromatic rings. The number of nitriles is 2. The Hall–Kier alpha value is -1.10. The van der Waals surface area contributed by atoms with E-state index in [0.717, 1.165) is 25.9 Å². The van der Waals surface area contributed by atoms with Crippen LogP contribution in [0, 0.1) is 22.7 Å². The van der Waals surface area contributed by atoms with Crippen LogP contribution in [-0.2, 0) is 0 Å². The summed E-state index contributed by atoms with van der Waals surface area (Å²) < 4.78 is 0. The smallest absolute Gasteiger partial charge is 0.0618 e. The molecule has 4 nitrogen and oxygen atoms in total. The van der Waals surface area contributed by atoms with Crippen LogP contribution in [0.5, 0.6) is 0 Å². The molecule has 16 heavy (non-hydrogen) atoms. The highest BCUT2D eigenvalue weighted by Crippen LogP contribution is 1.95. The van der Waals surface area contributed by atoms with Crippen LogP contribution in [0.15, 0.2) is 0 Å². The first kappa shape index (κ1) is 20.3. The van der Waals surface area contributed by atoms with E-state index in [-0.39, 0.29) is 0 Å². The molecule has 0 aromatic carbocycles. The van der Waals surface area contributed by atoms with Gasteiger partial charge in [-0.25, -0.2) is 0 Å². The Bertz CT molecular complexity index is 147. The Morgan fingerprint density at radius 3 is 1.12 bits per heavy atom. The summed E-state index contributed by atoms with van der Waals surface area (Å²) in [4.78, 5) is 0. The maximum atomic E-state index is 7.62. The van der Waals surface area contributed by atoms with Gasteiger partial charge in [-0.2, -0.15) is 10.5 Å². The van der Waals surface area contributed by atoms with Crippen molar-refractivity contribution in [2.24, 2.45) is 11.5 Å². The van der Waals surface area contributed by atoms with Gasteiger partial charge < -0.3 is 11.5 Å². The van der Waals surface area contributed by atoms with Crippen molar-refractivity contribution in [1.82, 2.24) is 0 Å². The highest BCUT2D eigenvalue weighted by molar-refractivity contribution is 4.62. The van der Waals surface area contributed by atoms with Crippen molar-refractivity contribution in [1.29, 1.82) is 10.5 Å². The summed E-state index contributed by atoms with van der Waals surface area (Å²) in [5.74, 6) is 0. The summed E-state index contributed by atoms with van der Waals surface area (Å²) in [5.41, 5.74) is 10.6. The lowest BCUT2D eigenvalue weighted by Gasteiger charge is -1.94. The molecule has 0 atom stereocenters. The second-order valence-corrected chi connectivity index (χ2v) is 3.01. The second kappa shape index (κ2) is 29.2. The average Bonchev–Trinajstić information content (AvgIpc) is 2.35. The Balaban J connectivity index is -0.000000179. The van der Waals surface area contributed by atoms with E-state index in [0.29, 0.717) is 12.8 Å². The molecule has 0 rings (SSSR count). The molecular weight excluding hydrogens is 200 g/mol. The molecule has 0 heterocycles. The third-order valence-electron chi connectivity index (χ3n) is 1.47. The molecule has 0 aliphatic carbocycles. The lowest BCUT2D eigenvalue weighted by atomic mass is 10.2. The zero-order valence-electron chi connectivity index (χ0n) is 10.7. The number of hydrogen-bond acceptors (Lipinski definition) is 4. The summed E-state index contributed by atoms with van der Waals surface area (Å²) in [6, 6.07) is 3.86. The van der Waals surface area contributed by atoms with Gasteiger partial charge in [-0.05, 0) is 25.9 Å².